The second-order valence-electron chi connectivity index (χ2n) is 2.08. The van der Waals surface area contributed by atoms with E-state index >= 15 is 0 Å². The molecular weight excluding hydrogens is 184 g/mol. The van der Waals surface area contributed by atoms with Crippen molar-refractivity contribution in [2.75, 3.05) is 19.1 Å². The molecule has 0 aliphatic rings. The molecule has 11 heavy (non-hydrogen) atoms. The summed E-state index contributed by atoms with van der Waals surface area (Å²) in [6.07, 6.45) is 2.81. The SMILES string of the molecule is CN[C@@H](CCSC)C(=O)NCl. The number of thioether (sulfide) groups is 1. The van der Waals surface area contributed by atoms with E-state index in [1.165, 1.54) is 0 Å². The minimum atomic E-state index is -0.167. The lowest BCUT2D eigenvalue weighted by Gasteiger charge is -2.11. The van der Waals surface area contributed by atoms with Crippen LogP contribution in [0.1, 0.15) is 6.42 Å². The van der Waals surface area contributed by atoms with Crippen LogP contribution < -0.4 is 10.2 Å². The van der Waals surface area contributed by atoms with Crippen molar-refractivity contribution in [1.29, 1.82) is 0 Å². The summed E-state index contributed by atoms with van der Waals surface area (Å²) < 4.78 is 0. The second-order valence-corrected chi connectivity index (χ2v) is 3.26. The van der Waals surface area contributed by atoms with Crippen molar-refractivity contribution in [3.05, 3.63) is 0 Å². The van der Waals surface area contributed by atoms with Crippen LogP contribution in [0.5, 0.6) is 0 Å². The number of hydrogen-bond acceptors (Lipinski definition) is 3. The summed E-state index contributed by atoms with van der Waals surface area (Å²) in [5, 5.41) is 2.88. The zero-order chi connectivity index (χ0) is 8.69. The Labute approximate surface area is 76.4 Å². The predicted octanol–water partition coefficient (Wildman–Crippen LogP) is 0.597. The molecule has 0 unspecified atom stereocenters. The van der Waals surface area contributed by atoms with E-state index in [1.54, 1.807) is 18.8 Å². The van der Waals surface area contributed by atoms with Crippen molar-refractivity contribution in [3.8, 4) is 0 Å². The van der Waals surface area contributed by atoms with Gasteiger partial charge in [0.2, 0.25) is 0 Å². The van der Waals surface area contributed by atoms with Crippen LogP contribution in [0, 0.1) is 0 Å². The van der Waals surface area contributed by atoms with Gasteiger partial charge in [0, 0.05) is 11.8 Å². The summed E-state index contributed by atoms with van der Waals surface area (Å²) in [5.41, 5.74) is 0. The van der Waals surface area contributed by atoms with E-state index in [0.717, 1.165) is 12.2 Å². The predicted molar refractivity (Wildman–Crippen MR) is 49.8 cm³/mol. The van der Waals surface area contributed by atoms with Gasteiger partial charge in [0.15, 0.2) is 0 Å². The quantitative estimate of drug-likeness (QED) is 0.633. The Morgan fingerprint density at radius 1 is 1.73 bits per heavy atom. The molecule has 1 amide bonds. The smallest absolute Gasteiger partial charge is 0.251 e. The van der Waals surface area contributed by atoms with E-state index in [2.05, 4.69) is 10.2 Å². The number of halogens is 1. The second kappa shape index (κ2) is 6.76. The van der Waals surface area contributed by atoms with E-state index in [4.69, 9.17) is 11.8 Å². The molecule has 0 saturated carbocycles. The third kappa shape index (κ3) is 4.50. The zero-order valence-corrected chi connectivity index (χ0v) is 8.26. The van der Waals surface area contributed by atoms with Crippen molar-refractivity contribution in [3.63, 3.8) is 0 Å². The molecule has 66 valence electrons. The summed E-state index contributed by atoms with van der Waals surface area (Å²) in [4.78, 5) is 13.0. The van der Waals surface area contributed by atoms with E-state index in [0.29, 0.717) is 0 Å². The Balaban J connectivity index is 3.65. The number of hydrogen-bond donors (Lipinski definition) is 2. The summed E-state index contributed by atoms with van der Waals surface area (Å²) in [7, 11) is 1.75. The highest BCUT2D eigenvalue weighted by atomic mass is 35.5. The Kier molecular flexibility index (Phi) is 6.80. The van der Waals surface area contributed by atoms with Crippen LogP contribution in [0.4, 0.5) is 0 Å². The standard InChI is InChI=1S/C6H13ClN2OS/c1-8-5(3-4-11-2)6(10)9-7/h5,8H,3-4H2,1-2H3,(H,9,10)/t5-/m0/s1. The molecule has 0 aromatic heterocycles. The maximum absolute atomic E-state index is 10.9. The van der Waals surface area contributed by atoms with Gasteiger partial charge in [0.05, 0.1) is 6.04 Å². The van der Waals surface area contributed by atoms with Crippen LogP contribution in [-0.2, 0) is 4.79 Å². The molecule has 0 heterocycles. The molecule has 0 aromatic rings. The molecule has 1 atom stereocenters. The molecule has 0 radical (unpaired) electrons. The normalized spacial score (nSPS) is 12.6. The number of likely N-dealkylation sites (N-methyl/N-ethyl adjacent to an activating group) is 1. The summed E-state index contributed by atoms with van der Waals surface area (Å²) in [5.74, 6) is 0.790. The van der Waals surface area contributed by atoms with E-state index < -0.39 is 0 Å². The molecule has 0 fully saturated rings. The Bertz CT molecular complexity index is 123. The number of rotatable bonds is 5. The minimum Gasteiger partial charge on any atom is -0.309 e. The first-order valence-electron chi connectivity index (χ1n) is 3.33. The highest BCUT2D eigenvalue weighted by Gasteiger charge is 2.13. The fraction of sp³-hybridized carbons (Fsp3) is 0.833. The van der Waals surface area contributed by atoms with Crippen molar-refractivity contribution in [2.45, 2.75) is 12.5 Å². The molecule has 0 saturated heterocycles. The van der Waals surface area contributed by atoms with Gasteiger partial charge in [-0.1, -0.05) is 0 Å². The molecule has 0 spiro atoms. The van der Waals surface area contributed by atoms with Gasteiger partial charge in [-0.2, -0.15) is 11.8 Å². The average molecular weight is 197 g/mol. The molecule has 0 aromatic carbocycles. The lowest BCUT2D eigenvalue weighted by Crippen LogP contribution is -2.39. The highest BCUT2D eigenvalue weighted by Crippen LogP contribution is 2.00. The monoisotopic (exact) mass is 196 g/mol. The summed E-state index contributed by atoms with van der Waals surface area (Å²) in [6, 6.07) is -0.167. The van der Waals surface area contributed by atoms with Gasteiger partial charge < -0.3 is 5.32 Å². The molecule has 0 aliphatic heterocycles. The lowest BCUT2D eigenvalue weighted by atomic mass is 10.2. The summed E-state index contributed by atoms with van der Waals surface area (Å²) >= 11 is 6.87. The van der Waals surface area contributed by atoms with Crippen molar-refractivity contribution in [1.82, 2.24) is 10.2 Å². The molecule has 0 rings (SSSR count). The maximum atomic E-state index is 10.9. The first-order chi connectivity index (χ1) is 5.26. The minimum absolute atomic E-state index is 0.164. The van der Waals surface area contributed by atoms with Gasteiger partial charge in [-0.3, -0.25) is 9.63 Å². The Morgan fingerprint density at radius 3 is 2.73 bits per heavy atom. The van der Waals surface area contributed by atoms with Crippen molar-refractivity contribution in [2.24, 2.45) is 0 Å². The molecular formula is C6H13ClN2OS. The average Bonchev–Trinajstić information content (AvgIpc) is 2.05. The fourth-order valence-electron chi connectivity index (χ4n) is 0.708. The topological polar surface area (TPSA) is 41.1 Å². The number of amides is 1. The molecule has 0 bridgehead atoms. The summed E-state index contributed by atoms with van der Waals surface area (Å²) in [6.45, 7) is 0. The molecule has 5 heteroatoms. The van der Waals surface area contributed by atoms with Gasteiger partial charge in [-0.05, 0) is 25.5 Å². The largest absolute Gasteiger partial charge is 0.309 e. The highest BCUT2D eigenvalue weighted by molar-refractivity contribution is 7.98. The van der Waals surface area contributed by atoms with Crippen LogP contribution in [0.3, 0.4) is 0 Å². The third-order valence-corrected chi connectivity index (χ3v) is 2.20. The van der Waals surface area contributed by atoms with Crippen molar-refractivity contribution < 1.29 is 4.79 Å². The Morgan fingerprint density at radius 2 is 2.36 bits per heavy atom. The number of carbonyl (C=O) groups is 1. The van der Waals surface area contributed by atoms with Crippen LogP contribution in [-0.4, -0.2) is 31.0 Å². The van der Waals surface area contributed by atoms with Crippen molar-refractivity contribution >= 4 is 29.4 Å². The third-order valence-electron chi connectivity index (χ3n) is 1.37. The van der Waals surface area contributed by atoms with Gasteiger partial charge in [0.1, 0.15) is 0 Å². The van der Waals surface area contributed by atoms with Crippen LogP contribution in [0.25, 0.3) is 0 Å². The van der Waals surface area contributed by atoms with Gasteiger partial charge in [0.25, 0.3) is 5.91 Å². The lowest BCUT2D eigenvalue weighted by molar-refractivity contribution is -0.121. The van der Waals surface area contributed by atoms with Gasteiger partial charge in [-0.25, -0.2) is 0 Å². The first-order valence-corrected chi connectivity index (χ1v) is 5.10. The van der Waals surface area contributed by atoms with Gasteiger partial charge >= 0.3 is 0 Å². The number of carbonyl (C=O) groups excluding carboxylic acids is 1. The Hall–Kier alpha value is 0.0700. The van der Waals surface area contributed by atoms with E-state index in [9.17, 15) is 4.79 Å². The van der Waals surface area contributed by atoms with Gasteiger partial charge in [-0.15, -0.1) is 0 Å². The fourth-order valence-corrected chi connectivity index (χ4v) is 1.31. The molecule has 0 aliphatic carbocycles. The maximum Gasteiger partial charge on any atom is 0.251 e. The van der Waals surface area contributed by atoms with Crippen LogP contribution in [0.2, 0.25) is 0 Å². The molecule has 2 N–H and O–H groups in total. The van der Waals surface area contributed by atoms with Crippen LogP contribution in [0.15, 0.2) is 0 Å². The zero-order valence-electron chi connectivity index (χ0n) is 6.69. The number of nitrogens with one attached hydrogen (secondary N) is 2. The van der Waals surface area contributed by atoms with E-state index in [1.807, 2.05) is 6.26 Å². The molecule has 3 nitrogen and oxygen atoms in total. The van der Waals surface area contributed by atoms with E-state index in [-0.39, 0.29) is 11.9 Å². The first kappa shape index (κ1) is 11.1. The van der Waals surface area contributed by atoms with Crippen LogP contribution >= 0.6 is 23.5 Å².